The summed E-state index contributed by atoms with van der Waals surface area (Å²) in [6.45, 7) is 4.57. The van der Waals surface area contributed by atoms with Crippen molar-refractivity contribution in [1.29, 1.82) is 0 Å². The number of hydrogen-bond acceptors (Lipinski definition) is 4. The van der Waals surface area contributed by atoms with Crippen molar-refractivity contribution in [2.75, 3.05) is 0 Å². The van der Waals surface area contributed by atoms with Crippen LogP contribution in [-0.4, -0.2) is 20.0 Å². The van der Waals surface area contributed by atoms with E-state index in [0.717, 1.165) is 29.7 Å². The Balaban J connectivity index is 2.61. The average Bonchev–Trinajstić information content (AvgIpc) is 2.83. The highest BCUT2D eigenvalue weighted by Crippen LogP contribution is 2.20. The third-order valence-electron chi connectivity index (χ3n) is 2.91. The molecule has 0 amide bonds. The van der Waals surface area contributed by atoms with E-state index in [1.54, 1.807) is 17.1 Å². The van der Waals surface area contributed by atoms with Crippen LogP contribution in [0, 0.1) is 0 Å². The highest BCUT2D eigenvalue weighted by atomic mass is 35.5. The van der Waals surface area contributed by atoms with Crippen LogP contribution in [0.2, 0.25) is 5.02 Å². The first-order valence-corrected chi connectivity index (χ1v) is 6.36. The lowest BCUT2D eigenvalue weighted by molar-refractivity contribution is 0.756. The molecule has 0 aliphatic carbocycles. The van der Waals surface area contributed by atoms with Gasteiger partial charge in [-0.3, -0.25) is 0 Å². The zero-order chi connectivity index (χ0) is 13.1. The quantitative estimate of drug-likeness (QED) is 0.917. The van der Waals surface area contributed by atoms with Crippen LogP contribution in [0.5, 0.6) is 0 Å². The van der Waals surface area contributed by atoms with Crippen LogP contribution in [0.1, 0.15) is 30.7 Å². The molecule has 2 rings (SSSR count). The highest BCUT2D eigenvalue weighted by Gasteiger charge is 2.15. The van der Waals surface area contributed by atoms with Gasteiger partial charge in [-0.1, -0.05) is 25.4 Å². The molecule has 0 aliphatic heterocycles. The maximum absolute atomic E-state index is 5.88. The summed E-state index contributed by atoms with van der Waals surface area (Å²) in [6, 6.07) is 0. The number of rotatable bonds is 4. The minimum absolute atomic E-state index is 0.415. The minimum atomic E-state index is 0.415. The molecule has 2 aromatic rings. The van der Waals surface area contributed by atoms with Gasteiger partial charge in [0.15, 0.2) is 5.82 Å². The summed E-state index contributed by atoms with van der Waals surface area (Å²) < 4.78 is 1.62. The van der Waals surface area contributed by atoms with Gasteiger partial charge >= 0.3 is 0 Å². The molecular weight excluding hydrogens is 250 g/mol. The zero-order valence-corrected chi connectivity index (χ0v) is 11.3. The summed E-state index contributed by atoms with van der Waals surface area (Å²) in [5, 5.41) is 13.2. The van der Waals surface area contributed by atoms with Crippen LogP contribution >= 0.6 is 11.6 Å². The van der Waals surface area contributed by atoms with Crippen molar-refractivity contribution in [2.45, 2.75) is 33.2 Å². The SMILES string of the molecule is CCc1nnc(-n2cc(Cl)cn2)c(CN)c1CC. The summed E-state index contributed by atoms with van der Waals surface area (Å²) in [7, 11) is 0. The van der Waals surface area contributed by atoms with Crippen molar-refractivity contribution in [1.82, 2.24) is 20.0 Å². The average molecular weight is 266 g/mol. The lowest BCUT2D eigenvalue weighted by Crippen LogP contribution is -2.14. The number of nitrogens with zero attached hydrogens (tertiary/aromatic N) is 4. The normalized spacial score (nSPS) is 10.9. The van der Waals surface area contributed by atoms with Crippen LogP contribution in [0.3, 0.4) is 0 Å². The van der Waals surface area contributed by atoms with Gasteiger partial charge < -0.3 is 5.73 Å². The number of halogens is 1. The minimum Gasteiger partial charge on any atom is -0.326 e. The first-order valence-electron chi connectivity index (χ1n) is 5.99. The lowest BCUT2D eigenvalue weighted by Gasteiger charge is -2.13. The van der Waals surface area contributed by atoms with Gasteiger partial charge in [0.25, 0.3) is 0 Å². The number of hydrogen-bond donors (Lipinski definition) is 1. The van der Waals surface area contributed by atoms with Gasteiger partial charge in [-0.25, -0.2) is 4.68 Å². The smallest absolute Gasteiger partial charge is 0.180 e. The molecule has 18 heavy (non-hydrogen) atoms. The molecule has 2 heterocycles. The molecule has 0 saturated carbocycles. The van der Waals surface area contributed by atoms with Crippen molar-refractivity contribution in [3.05, 3.63) is 34.2 Å². The predicted molar refractivity (Wildman–Crippen MR) is 70.8 cm³/mol. The largest absolute Gasteiger partial charge is 0.326 e. The van der Waals surface area contributed by atoms with E-state index in [-0.39, 0.29) is 0 Å². The molecule has 0 atom stereocenters. The van der Waals surface area contributed by atoms with Crippen molar-refractivity contribution in [2.24, 2.45) is 5.73 Å². The van der Waals surface area contributed by atoms with Gasteiger partial charge in [0.2, 0.25) is 0 Å². The highest BCUT2D eigenvalue weighted by molar-refractivity contribution is 6.30. The van der Waals surface area contributed by atoms with Gasteiger partial charge in [0.1, 0.15) is 0 Å². The molecule has 0 aliphatic rings. The summed E-state index contributed by atoms with van der Waals surface area (Å²) in [5.74, 6) is 0.665. The van der Waals surface area contributed by atoms with Crippen molar-refractivity contribution < 1.29 is 0 Å². The molecule has 5 nitrogen and oxygen atoms in total. The van der Waals surface area contributed by atoms with E-state index >= 15 is 0 Å². The van der Waals surface area contributed by atoms with Crippen molar-refractivity contribution >= 4 is 11.6 Å². The maximum atomic E-state index is 5.88. The van der Waals surface area contributed by atoms with Crippen molar-refractivity contribution in [3.8, 4) is 5.82 Å². The van der Waals surface area contributed by atoms with E-state index < -0.39 is 0 Å². The molecule has 0 aromatic carbocycles. The Morgan fingerprint density at radius 3 is 2.50 bits per heavy atom. The lowest BCUT2D eigenvalue weighted by atomic mass is 10.0. The second-order valence-corrected chi connectivity index (χ2v) is 4.38. The number of aryl methyl sites for hydroxylation is 1. The summed E-state index contributed by atoms with van der Waals surface area (Å²) in [5.41, 5.74) is 9.01. The van der Waals surface area contributed by atoms with Gasteiger partial charge in [0.05, 0.1) is 23.1 Å². The molecule has 0 saturated heterocycles. The third kappa shape index (κ3) is 2.23. The van der Waals surface area contributed by atoms with E-state index in [1.807, 2.05) is 0 Å². The summed E-state index contributed by atoms with van der Waals surface area (Å²) >= 11 is 5.88. The molecule has 6 heteroatoms. The molecule has 0 unspecified atom stereocenters. The zero-order valence-electron chi connectivity index (χ0n) is 10.5. The van der Waals surface area contributed by atoms with E-state index in [1.165, 1.54) is 0 Å². The molecule has 0 radical (unpaired) electrons. The van der Waals surface area contributed by atoms with Crippen LogP contribution in [0.25, 0.3) is 5.82 Å². The van der Waals surface area contributed by atoms with Gasteiger partial charge in [0, 0.05) is 12.1 Å². The fourth-order valence-electron chi connectivity index (χ4n) is 2.05. The second-order valence-electron chi connectivity index (χ2n) is 3.94. The fourth-order valence-corrected chi connectivity index (χ4v) is 2.19. The van der Waals surface area contributed by atoms with E-state index in [2.05, 4.69) is 29.1 Å². The van der Waals surface area contributed by atoms with Crippen LogP contribution < -0.4 is 5.73 Å². The monoisotopic (exact) mass is 265 g/mol. The Bertz CT molecular complexity index is 549. The van der Waals surface area contributed by atoms with Crippen LogP contribution in [0.15, 0.2) is 12.4 Å². The van der Waals surface area contributed by atoms with Crippen molar-refractivity contribution in [3.63, 3.8) is 0 Å². The first kappa shape index (κ1) is 13.0. The predicted octanol–water partition coefficient (Wildman–Crippen LogP) is 1.90. The Morgan fingerprint density at radius 1 is 1.22 bits per heavy atom. The van der Waals surface area contributed by atoms with E-state index in [4.69, 9.17) is 17.3 Å². The second kappa shape index (κ2) is 5.46. The third-order valence-corrected chi connectivity index (χ3v) is 3.10. The summed E-state index contributed by atoms with van der Waals surface area (Å²) in [6.07, 6.45) is 5.01. The Kier molecular flexibility index (Phi) is 3.93. The standard InChI is InChI=1S/C12H16ClN5/c1-3-9-10(5-14)12(17-16-11(9)4-2)18-7-8(13)6-15-18/h6-7H,3-5,14H2,1-2H3. The van der Waals surface area contributed by atoms with E-state index in [0.29, 0.717) is 17.4 Å². The molecular formula is C12H16ClN5. The van der Waals surface area contributed by atoms with Gasteiger partial charge in [-0.05, 0) is 18.4 Å². The Morgan fingerprint density at radius 2 is 2.00 bits per heavy atom. The summed E-state index contributed by atoms with van der Waals surface area (Å²) in [4.78, 5) is 0. The van der Waals surface area contributed by atoms with Crippen LogP contribution in [0.4, 0.5) is 0 Å². The molecule has 0 fully saturated rings. The maximum Gasteiger partial charge on any atom is 0.180 e. The van der Waals surface area contributed by atoms with Gasteiger partial charge in [-0.15, -0.1) is 5.10 Å². The first-order chi connectivity index (χ1) is 8.71. The van der Waals surface area contributed by atoms with E-state index in [9.17, 15) is 0 Å². The number of nitrogens with two attached hydrogens (primary N) is 1. The number of aromatic nitrogens is 4. The molecule has 2 N–H and O–H groups in total. The molecule has 0 bridgehead atoms. The fraction of sp³-hybridized carbons (Fsp3) is 0.417. The molecule has 2 aromatic heterocycles. The Labute approximate surface area is 111 Å². The Hall–Kier alpha value is -1.46. The molecule has 0 spiro atoms. The van der Waals surface area contributed by atoms with Crippen LogP contribution in [-0.2, 0) is 19.4 Å². The van der Waals surface area contributed by atoms with Gasteiger partial charge in [-0.2, -0.15) is 10.2 Å². The molecule has 96 valence electrons. The topological polar surface area (TPSA) is 69.6 Å².